The molecule has 4 heteroatoms. The van der Waals surface area contributed by atoms with Crippen molar-refractivity contribution in [1.29, 1.82) is 0 Å². The Bertz CT molecular complexity index is 549. The molecule has 0 radical (unpaired) electrons. The van der Waals surface area contributed by atoms with Crippen LogP contribution in [0.2, 0.25) is 0 Å². The van der Waals surface area contributed by atoms with Gasteiger partial charge in [0.1, 0.15) is 5.82 Å². The second-order valence-electron chi connectivity index (χ2n) is 4.87. The monoisotopic (exact) mass is 307 g/mol. The van der Waals surface area contributed by atoms with Gasteiger partial charge in [-0.1, -0.05) is 19.4 Å². The molecule has 0 aromatic carbocycles. The molecule has 0 bridgehead atoms. The van der Waals surface area contributed by atoms with Crippen molar-refractivity contribution in [3.8, 4) is 0 Å². The normalized spacial score (nSPS) is 21.6. The zero-order chi connectivity index (χ0) is 12.5. The van der Waals surface area contributed by atoms with Crippen molar-refractivity contribution in [2.45, 2.75) is 32.2 Å². The smallest absolute Gasteiger partial charge is 0.131 e. The highest BCUT2D eigenvalue weighted by molar-refractivity contribution is 9.10. The van der Waals surface area contributed by atoms with Gasteiger partial charge in [0.2, 0.25) is 0 Å². The number of likely N-dealkylation sites (tertiary alicyclic amines) is 1. The van der Waals surface area contributed by atoms with E-state index in [1.165, 1.54) is 37.1 Å². The summed E-state index contributed by atoms with van der Waals surface area (Å²) in [7, 11) is 0. The number of nitrogens with zero attached hydrogens (tertiary/aromatic N) is 3. The van der Waals surface area contributed by atoms with Crippen LogP contribution < -0.4 is 0 Å². The third-order valence-corrected chi connectivity index (χ3v) is 4.47. The summed E-state index contributed by atoms with van der Waals surface area (Å²) in [5.41, 5.74) is 1.17. The molecule has 18 heavy (non-hydrogen) atoms. The van der Waals surface area contributed by atoms with E-state index in [0.717, 1.165) is 11.1 Å². The molecule has 0 N–H and O–H groups in total. The number of fused-ring (bicyclic) bond motifs is 1. The highest BCUT2D eigenvalue weighted by Crippen LogP contribution is 2.31. The minimum absolute atomic E-state index is 0.463. The second kappa shape index (κ2) is 5.02. The lowest BCUT2D eigenvalue weighted by Crippen LogP contribution is -2.34. The van der Waals surface area contributed by atoms with Gasteiger partial charge in [0.25, 0.3) is 0 Å². The SMILES string of the molecule is CCN1CCCCC1c1ncc2cccc(Br)n12. The van der Waals surface area contributed by atoms with E-state index in [9.17, 15) is 0 Å². The van der Waals surface area contributed by atoms with Gasteiger partial charge in [-0.3, -0.25) is 9.30 Å². The van der Waals surface area contributed by atoms with E-state index in [-0.39, 0.29) is 0 Å². The molecule has 3 nitrogen and oxygen atoms in total. The number of piperidine rings is 1. The molecule has 0 amide bonds. The summed E-state index contributed by atoms with van der Waals surface area (Å²) in [6, 6.07) is 6.71. The summed E-state index contributed by atoms with van der Waals surface area (Å²) >= 11 is 3.64. The Balaban J connectivity index is 2.07. The van der Waals surface area contributed by atoms with Gasteiger partial charge in [-0.25, -0.2) is 4.98 Å². The molecular formula is C14H18BrN3. The summed E-state index contributed by atoms with van der Waals surface area (Å²) < 4.78 is 3.33. The molecule has 3 heterocycles. The molecule has 1 aliphatic rings. The first-order chi connectivity index (χ1) is 8.81. The zero-order valence-electron chi connectivity index (χ0n) is 10.6. The fourth-order valence-electron chi connectivity index (χ4n) is 2.93. The van der Waals surface area contributed by atoms with E-state index in [0.29, 0.717) is 6.04 Å². The van der Waals surface area contributed by atoms with Gasteiger partial charge in [-0.2, -0.15) is 0 Å². The van der Waals surface area contributed by atoms with Crippen molar-refractivity contribution in [1.82, 2.24) is 14.3 Å². The highest BCUT2D eigenvalue weighted by atomic mass is 79.9. The van der Waals surface area contributed by atoms with Crippen LogP contribution in [0.15, 0.2) is 29.0 Å². The van der Waals surface area contributed by atoms with E-state index < -0.39 is 0 Å². The summed E-state index contributed by atoms with van der Waals surface area (Å²) in [4.78, 5) is 7.21. The van der Waals surface area contributed by atoms with E-state index >= 15 is 0 Å². The molecule has 2 aromatic heterocycles. The number of hydrogen-bond donors (Lipinski definition) is 0. The molecule has 0 spiro atoms. The van der Waals surface area contributed by atoms with Gasteiger partial charge in [-0.15, -0.1) is 0 Å². The molecule has 2 aromatic rings. The van der Waals surface area contributed by atoms with Crippen LogP contribution in [-0.2, 0) is 0 Å². The quantitative estimate of drug-likeness (QED) is 0.790. The van der Waals surface area contributed by atoms with Crippen LogP contribution in [0.5, 0.6) is 0 Å². The highest BCUT2D eigenvalue weighted by Gasteiger charge is 2.26. The molecule has 96 valence electrons. The maximum atomic E-state index is 4.67. The lowest BCUT2D eigenvalue weighted by atomic mass is 10.0. The predicted octanol–water partition coefficient (Wildman–Crippen LogP) is 3.64. The Morgan fingerprint density at radius 2 is 2.28 bits per heavy atom. The maximum Gasteiger partial charge on any atom is 0.131 e. The summed E-state index contributed by atoms with van der Waals surface area (Å²) in [5, 5.41) is 0. The third kappa shape index (κ3) is 1.97. The van der Waals surface area contributed by atoms with E-state index in [4.69, 9.17) is 0 Å². The molecule has 0 saturated carbocycles. The van der Waals surface area contributed by atoms with E-state index in [1.54, 1.807) is 0 Å². The lowest BCUT2D eigenvalue weighted by molar-refractivity contribution is 0.149. The van der Waals surface area contributed by atoms with Crippen molar-refractivity contribution in [3.63, 3.8) is 0 Å². The Hall–Kier alpha value is -0.870. The minimum atomic E-state index is 0.463. The lowest BCUT2D eigenvalue weighted by Gasteiger charge is -2.34. The second-order valence-corrected chi connectivity index (χ2v) is 5.68. The topological polar surface area (TPSA) is 20.5 Å². The number of hydrogen-bond acceptors (Lipinski definition) is 2. The van der Waals surface area contributed by atoms with Crippen LogP contribution in [-0.4, -0.2) is 27.4 Å². The summed E-state index contributed by atoms with van der Waals surface area (Å²) in [6.45, 7) is 4.54. The standard InChI is InChI=1S/C14H18BrN3/c1-2-17-9-4-3-7-12(17)14-16-10-11-6-5-8-13(15)18(11)14/h5-6,8,10,12H,2-4,7,9H2,1H3. The molecule has 0 aliphatic carbocycles. The third-order valence-electron chi connectivity index (χ3n) is 3.85. The van der Waals surface area contributed by atoms with E-state index in [2.05, 4.69) is 55.3 Å². The Labute approximate surface area is 116 Å². The fourth-order valence-corrected chi connectivity index (χ4v) is 3.47. The number of halogens is 1. The van der Waals surface area contributed by atoms with Gasteiger partial charge in [0.05, 0.1) is 22.4 Å². The largest absolute Gasteiger partial charge is 0.294 e. The molecular weight excluding hydrogens is 290 g/mol. The summed E-state index contributed by atoms with van der Waals surface area (Å²) in [6.07, 6.45) is 5.81. The minimum Gasteiger partial charge on any atom is -0.294 e. The molecule has 1 saturated heterocycles. The van der Waals surface area contributed by atoms with Gasteiger partial charge in [-0.05, 0) is 54.0 Å². The van der Waals surface area contributed by atoms with Crippen molar-refractivity contribution >= 4 is 21.4 Å². The van der Waals surface area contributed by atoms with Gasteiger partial charge < -0.3 is 0 Å². The van der Waals surface area contributed by atoms with Crippen LogP contribution in [0.25, 0.3) is 5.52 Å². The number of aromatic nitrogens is 2. The molecule has 1 unspecified atom stereocenters. The van der Waals surface area contributed by atoms with Crippen molar-refractivity contribution in [3.05, 3.63) is 34.8 Å². The molecule has 1 atom stereocenters. The number of rotatable bonds is 2. The summed E-state index contributed by atoms with van der Waals surface area (Å²) in [5.74, 6) is 1.18. The number of pyridine rings is 1. The van der Waals surface area contributed by atoms with Crippen LogP contribution in [0.3, 0.4) is 0 Å². The first-order valence-corrected chi connectivity index (χ1v) is 7.46. The fraction of sp³-hybridized carbons (Fsp3) is 0.500. The first-order valence-electron chi connectivity index (χ1n) is 6.67. The van der Waals surface area contributed by atoms with Gasteiger partial charge >= 0.3 is 0 Å². The molecule has 1 aliphatic heterocycles. The average molecular weight is 308 g/mol. The van der Waals surface area contributed by atoms with Gasteiger partial charge in [0.15, 0.2) is 0 Å². The maximum absolute atomic E-state index is 4.67. The van der Waals surface area contributed by atoms with Crippen molar-refractivity contribution in [2.24, 2.45) is 0 Å². The Morgan fingerprint density at radius 1 is 1.39 bits per heavy atom. The Morgan fingerprint density at radius 3 is 3.11 bits per heavy atom. The number of imidazole rings is 1. The zero-order valence-corrected chi connectivity index (χ0v) is 12.2. The van der Waals surface area contributed by atoms with Crippen LogP contribution >= 0.6 is 15.9 Å². The first kappa shape index (κ1) is 12.2. The average Bonchev–Trinajstić information content (AvgIpc) is 2.84. The molecule has 1 fully saturated rings. The van der Waals surface area contributed by atoms with Crippen LogP contribution in [0.1, 0.15) is 38.1 Å². The molecule has 3 rings (SSSR count). The van der Waals surface area contributed by atoms with Crippen molar-refractivity contribution in [2.75, 3.05) is 13.1 Å². The van der Waals surface area contributed by atoms with E-state index in [1.807, 2.05) is 6.20 Å². The van der Waals surface area contributed by atoms with Crippen LogP contribution in [0, 0.1) is 0 Å². The predicted molar refractivity (Wildman–Crippen MR) is 76.7 cm³/mol. The van der Waals surface area contributed by atoms with Crippen molar-refractivity contribution < 1.29 is 0 Å². The van der Waals surface area contributed by atoms with Gasteiger partial charge in [0, 0.05) is 0 Å². The Kier molecular flexibility index (Phi) is 3.39. The van der Waals surface area contributed by atoms with Crippen LogP contribution in [0.4, 0.5) is 0 Å².